The summed E-state index contributed by atoms with van der Waals surface area (Å²) >= 11 is 1.10. The number of halogens is 3. The van der Waals surface area contributed by atoms with Crippen LogP contribution >= 0.6 is 11.3 Å². The maximum absolute atomic E-state index is 13.6. The molecule has 8 heteroatoms. The molecule has 1 saturated carbocycles. The number of nitrogens with two attached hydrogens (primary N) is 1. The Morgan fingerprint density at radius 1 is 1.17 bits per heavy atom. The third-order valence-corrected chi connectivity index (χ3v) is 4.93. The second kappa shape index (κ2) is 5.14. The molecule has 124 valence electrons. The lowest BCUT2D eigenvalue weighted by Crippen LogP contribution is -2.08. The van der Waals surface area contributed by atoms with E-state index in [0.29, 0.717) is 16.1 Å². The summed E-state index contributed by atoms with van der Waals surface area (Å²) in [6, 6.07) is 4.81. The van der Waals surface area contributed by atoms with E-state index in [1.807, 2.05) is 6.07 Å². The second-order valence-electron chi connectivity index (χ2n) is 6.01. The third-order valence-electron chi connectivity index (χ3n) is 4.16. The monoisotopic (exact) mass is 350 g/mol. The van der Waals surface area contributed by atoms with Crippen molar-refractivity contribution >= 4 is 27.4 Å². The van der Waals surface area contributed by atoms with Gasteiger partial charge in [0.15, 0.2) is 5.01 Å². The van der Waals surface area contributed by atoms with E-state index in [1.54, 1.807) is 13.0 Å². The van der Waals surface area contributed by atoms with Crippen molar-refractivity contribution in [2.75, 3.05) is 5.73 Å². The predicted molar refractivity (Wildman–Crippen MR) is 86.8 cm³/mol. The number of fused-ring (bicyclic) bond motifs is 1. The van der Waals surface area contributed by atoms with Crippen LogP contribution in [0.15, 0.2) is 18.2 Å². The Labute approximate surface area is 139 Å². The van der Waals surface area contributed by atoms with E-state index in [9.17, 15) is 13.2 Å². The Morgan fingerprint density at radius 3 is 2.50 bits per heavy atom. The molecule has 3 aromatic rings. The minimum absolute atomic E-state index is 0.0457. The topological polar surface area (TPSA) is 64.7 Å². The molecule has 0 saturated heterocycles. The molecule has 0 spiro atoms. The van der Waals surface area contributed by atoms with Gasteiger partial charge in [0.25, 0.3) is 0 Å². The number of alkyl halides is 3. The van der Waals surface area contributed by atoms with E-state index in [-0.39, 0.29) is 16.6 Å². The average Bonchev–Trinajstić information content (AvgIpc) is 3.27. The molecule has 4 rings (SSSR count). The second-order valence-corrected chi connectivity index (χ2v) is 7.02. The van der Waals surface area contributed by atoms with E-state index >= 15 is 0 Å². The van der Waals surface area contributed by atoms with Crippen molar-refractivity contribution in [3.8, 4) is 10.7 Å². The molecule has 0 aliphatic heterocycles. The zero-order valence-electron chi connectivity index (χ0n) is 12.7. The summed E-state index contributed by atoms with van der Waals surface area (Å²) in [6.07, 6.45) is -2.57. The van der Waals surface area contributed by atoms with Crippen LogP contribution in [-0.4, -0.2) is 15.2 Å². The van der Waals surface area contributed by atoms with Crippen molar-refractivity contribution in [1.29, 1.82) is 0 Å². The van der Waals surface area contributed by atoms with Gasteiger partial charge in [0, 0.05) is 5.39 Å². The molecule has 24 heavy (non-hydrogen) atoms. The number of benzene rings is 1. The first-order valence-electron chi connectivity index (χ1n) is 7.45. The van der Waals surface area contributed by atoms with Crippen LogP contribution in [0.1, 0.15) is 35.4 Å². The van der Waals surface area contributed by atoms with Crippen molar-refractivity contribution in [1.82, 2.24) is 15.2 Å². The van der Waals surface area contributed by atoms with Crippen LogP contribution in [0.3, 0.4) is 0 Å². The Morgan fingerprint density at radius 2 is 1.92 bits per heavy atom. The van der Waals surface area contributed by atoms with Gasteiger partial charge in [-0.25, -0.2) is 4.98 Å². The van der Waals surface area contributed by atoms with Crippen molar-refractivity contribution < 1.29 is 13.2 Å². The van der Waals surface area contributed by atoms with E-state index in [1.165, 1.54) is 6.07 Å². The molecule has 0 amide bonds. The highest BCUT2D eigenvalue weighted by molar-refractivity contribution is 7.18. The molecule has 2 N–H and O–H groups in total. The van der Waals surface area contributed by atoms with Crippen LogP contribution in [0.4, 0.5) is 18.3 Å². The SMILES string of the molecule is Cc1cc(-c2nnc(N)s2)nc2c(C(F)(F)F)cc(C3CC3)cc12. The highest BCUT2D eigenvalue weighted by atomic mass is 32.1. The van der Waals surface area contributed by atoms with Gasteiger partial charge in [-0.05, 0) is 55.0 Å². The number of anilines is 1. The van der Waals surface area contributed by atoms with E-state index in [2.05, 4.69) is 15.2 Å². The standard InChI is InChI=1S/C16H13F3N4S/c1-7-4-12(14-22-23-15(20)24-14)21-13-10(7)5-9(8-2-3-8)6-11(13)16(17,18)19/h4-6,8H,2-3H2,1H3,(H2,20,23). The summed E-state index contributed by atoms with van der Waals surface area (Å²) in [6.45, 7) is 1.79. The zero-order chi connectivity index (χ0) is 17.1. The van der Waals surface area contributed by atoms with Crippen molar-refractivity contribution in [2.24, 2.45) is 0 Å². The summed E-state index contributed by atoms with van der Waals surface area (Å²) in [5, 5.41) is 8.79. The largest absolute Gasteiger partial charge is 0.418 e. The summed E-state index contributed by atoms with van der Waals surface area (Å²) in [5.74, 6) is 0.234. The molecule has 1 aliphatic rings. The van der Waals surface area contributed by atoms with Crippen molar-refractivity contribution in [3.63, 3.8) is 0 Å². The maximum Gasteiger partial charge on any atom is 0.418 e. The highest BCUT2D eigenvalue weighted by Gasteiger charge is 2.36. The van der Waals surface area contributed by atoms with E-state index in [0.717, 1.165) is 35.3 Å². The molecule has 4 nitrogen and oxygen atoms in total. The number of nitrogens with zero attached hydrogens (tertiary/aromatic N) is 3. The Bertz CT molecular complexity index is 944. The van der Waals surface area contributed by atoms with Gasteiger partial charge in [-0.3, -0.25) is 0 Å². The summed E-state index contributed by atoms with van der Waals surface area (Å²) in [5.41, 5.74) is 6.66. The predicted octanol–water partition coefficient (Wildman–Crippen LogP) is 4.54. The van der Waals surface area contributed by atoms with Crippen LogP contribution in [0.25, 0.3) is 21.6 Å². The van der Waals surface area contributed by atoms with Gasteiger partial charge >= 0.3 is 6.18 Å². The van der Waals surface area contributed by atoms with Gasteiger partial charge < -0.3 is 5.73 Å². The molecule has 0 radical (unpaired) electrons. The molecule has 2 heterocycles. The lowest BCUT2D eigenvalue weighted by Gasteiger charge is -2.14. The molecule has 1 aromatic carbocycles. The number of aryl methyl sites for hydroxylation is 1. The fourth-order valence-electron chi connectivity index (χ4n) is 2.83. The molecule has 0 bridgehead atoms. The molecule has 1 aliphatic carbocycles. The first kappa shape index (κ1) is 15.3. The number of aromatic nitrogens is 3. The average molecular weight is 350 g/mol. The van der Waals surface area contributed by atoms with Crippen LogP contribution in [-0.2, 0) is 6.18 Å². The first-order chi connectivity index (χ1) is 11.3. The minimum Gasteiger partial charge on any atom is -0.374 e. The lowest BCUT2D eigenvalue weighted by molar-refractivity contribution is -0.136. The molecule has 0 unspecified atom stereocenters. The molecular formula is C16H13F3N4S. The zero-order valence-corrected chi connectivity index (χ0v) is 13.5. The van der Waals surface area contributed by atoms with Gasteiger partial charge in [-0.1, -0.05) is 11.3 Å². The summed E-state index contributed by atoms with van der Waals surface area (Å²) < 4.78 is 40.7. The highest BCUT2D eigenvalue weighted by Crippen LogP contribution is 2.45. The van der Waals surface area contributed by atoms with Crippen molar-refractivity contribution in [3.05, 3.63) is 34.9 Å². The Balaban J connectivity index is 2.00. The summed E-state index contributed by atoms with van der Waals surface area (Å²) in [7, 11) is 0. The van der Waals surface area contributed by atoms with Gasteiger partial charge in [0.2, 0.25) is 5.13 Å². The van der Waals surface area contributed by atoms with Crippen LogP contribution in [0.2, 0.25) is 0 Å². The quantitative estimate of drug-likeness (QED) is 0.737. The maximum atomic E-state index is 13.6. The van der Waals surface area contributed by atoms with Crippen LogP contribution in [0, 0.1) is 6.92 Å². The first-order valence-corrected chi connectivity index (χ1v) is 8.26. The smallest absolute Gasteiger partial charge is 0.374 e. The minimum atomic E-state index is -4.46. The third kappa shape index (κ3) is 2.60. The molecule has 2 aromatic heterocycles. The van der Waals surface area contributed by atoms with Crippen molar-refractivity contribution in [2.45, 2.75) is 31.9 Å². The fourth-order valence-corrected chi connectivity index (χ4v) is 3.40. The van der Waals surface area contributed by atoms with E-state index < -0.39 is 11.7 Å². The van der Waals surface area contributed by atoms with Crippen LogP contribution in [0.5, 0.6) is 0 Å². The fraction of sp³-hybridized carbons (Fsp3) is 0.312. The number of hydrogen-bond donors (Lipinski definition) is 1. The van der Waals surface area contributed by atoms with Gasteiger partial charge in [-0.15, -0.1) is 10.2 Å². The number of rotatable bonds is 2. The molecular weight excluding hydrogens is 337 g/mol. The number of nitrogen functional groups attached to an aromatic ring is 1. The van der Waals surface area contributed by atoms with Crippen LogP contribution < -0.4 is 5.73 Å². The lowest BCUT2D eigenvalue weighted by atomic mass is 9.98. The van der Waals surface area contributed by atoms with Gasteiger partial charge in [0.1, 0.15) is 5.69 Å². The number of hydrogen-bond acceptors (Lipinski definition) is 5. The Hall–Kier alpha value is -2.22. The molecule has 1 fully saturated rings. The normalized spacial score (nSPS) is 15.2. The van der Waals surface area contributed by atoms with E-state index in [4.69, 9.17) is 5.73 Å². The van der Waals surface area contributed by atoms with Gasteiger partial charge in [-0.2, -0.15) is 13.2 Å². The molecule has 0 atom stereocenters. The van der Waals surface area contributed by atoms with Gasteiger partial charge in [0.05, 0.1) is 11.1 Å². The Kier molecular flexibility index (Phi) is 3.28. The number of pyridine rings is 1. The summed E-state index contributed by atoms with van der Waals surface area (Å²) in [4.78, 5) is 4.24.